The SMILES string of the molecule is COc1cc2nccc(Oc3ccc(C)cc3-c3ccccn3)c2cc1OC. The molecule has 2 heterocycles. The Morgan fingerprint density at radius 3 is 2.29 bits per heavy atom. The van der Waals surface area contributed by atoms with Gasteiger partial charge < -0.3 is 14.2 Å². The van der Waals surface area contributed by atoms with Crippen molar-refractivity contribution in [3.63, 3.8) is 0 Å². The molecule has 28 heavy (non-hydrogen) atoms. The minimum absolute atomic E-state index is 0.627. The first-order valence-electron chi connectivity index (χ1n) is 8.90. The summed E-state index contributed by atoms with van der Waals surface area (Å²) in [6.07, 6.45) is 3.50. The van der Waals surface area contributed by atoms with Crippen LogP contribution in [0.4, 0.5) is 0 Å². The smallest absolute Gasteiger partial charge is 0.162 e. The van der Waals surface area contributed by atoms with Gasteiger partial charge in [-0.25, -0.2) is 0 Å². The number of nitrogens with zero attached hydrogens (tertiary/aromatic N) is 2. The summed E-state index contributed by atoms with van der Waals surface area (Å²) in [6.45, 7) is 2.05. The molecule has 0 N–H and O–H groups in total. The number of fused-ring (bicyclic) bond motifs is 1. The van der Waals surface area contributed by atoms with Gasteiger partial charge in [0, 0.05) is 29.4 Å². The van der Waals surface area contributed by atoms with Crippen LogP contribution >= 0.6 is 0 Å². The summed E-state index contributed by atoms with van der Waals surface area (Å²) in [4.78, 5) is 8.91. The maximum absolute atomic E-state index is 6.33. The van der Waals surface area contributed by atoms with E-state index in [-0.39, 0.29) is 0 Å². The van der Waals surface area contributed by atoms with Crippen LogP contribution in [0.2, 0.25) is 0 Å². The van der Waals surface area contributed by atoms with Gasteiger partial charge >= 0.3 is 0 Å². The number of benzene rings is 2. The standard InChI is InChI=1S/C23H20N2O3/c1-15-7-8-20(16(12-15)18-6-4-5-10-24-18)28-21-9-11-25-19-14-23(27-3)22(26-2)13-17(19)21/h4-14H,1-3H3. The van der Waals surface area contributed by atoms with Crippen molar-refractivity contribution < 1.29 is 14.2 Å². The lowest BCUT2D eigenvalue weighted by atomic mass is 10.1. The first-order valence-corrected chi connectivity index (χ1v) is 8.90. The van der Waals surface area contributed by atoms with Crippen LogP contribution in [0.15, 0.2) is 67.0 Å². The predicted molar refractivity (Wildman–Crippen MR) is 109 cm³/mol. The second-order valence-electron chi connectivity index (χ2n) is 6.35. The van der Waals surface area contributed by atoms with E-state index in [1.165, 1.54) is 0 Å². The minimum Gasteiger partial charge on any atom is -0.493 e. The van der Waals surface area contributed by atoms with Crippen LogP contribution in [0.5, 0.6) is 23.0 Å². The normalized spacial score (nSPS) is 10.7. The largest absolute Gasteiger partial charge is 0.493 e. The molecule has 2 aromatic carbocycles. The number of hydrogen-bond acceptors (Lipinski definition) is 5. The van der Waals surface area contributed by atoms with Crippen molar-refractivity contribution >= 4 is 10.9 Å². The molecule has 0 saturated carbocycles. The fourth-order valence-corrected chi connectivity index (χ4v) is 3.11. The van der Waals surface area contributed by atoms with Gasteiger partial charge in [-0.1, -0.05) is 17.7 Å². The van der Waals surface area contributed by atoms with Crippen molar-refractivity contribution in [3.05, 3.63) is 72.6 Å². The minimum atomic E-state index is 0.627. The van der Waals surface area contributed by atoms with Crippen molar-refractivity contribution in [1.29, 1.82) is 0 Å². The Labute approximate surface area is 163 Å². The molecule has 0 fully saturated rings. The molecule has 2 aromatic heterocycles. The molecule has 0 radical (unpaired) electrons. The summed E-state index contributed by atoms with van der Waals surface area (Å²) in [5, 5.41) is 0.840. The number of hydrogen-bond donors (Lipinski definition) is 0. The Kier molecular flexibility index (Phi) is 4.81. The zero-order valence-corrected chi connectivity index (χ0v) is 16.0. The fraction of sp³-hybridized carbons (Fsp3) is 0.130. The van der Waals surface area contributed by atoms with Gasteiger partial charge in [-0.05, 0) is 43.3 Å². The van der Waals surface area contributed by atoms with Crippen LogP contribution in [-0.4, -0.2) is 24.2 Å². The van der Waals surface area contributed by atoms with Gasteiger partial charge in [0.1, 0.15) is 11.5 Å². The van der Waals surface area contributed by atoms with Crippen molar-refractivity contribution in [3.8, 4) is 34.3 Å². The molecule has 0 aliphatic carbocycles. The van der Waals surface area contributed by atoms with Crippen LogP contribution in [-0.2, 0) is 0 Å². The second kappa shape index (κ2) is 7.56. The molecule has 0 spiro atoms. The van der Waals surface area contributed by atoms with Gasteiger partial charge in [0.15, 0.2) is 11.5 Å². The summed E-state index contributed by atoms with van der Waals surface area (Å²) in [7, 11) is 3.22. The molecular weight excluding hydrogens is 352 g/mol. The third-order valence-corrected chi connectivity index (χ3v) is 4.50. The van der Waals surface area contributed by atoms with E-state index in [0.717, 1.165) is 33.5 Å². The van der Waals surface area contributed by atoms with Crippen LogP contribution in [0.3, 0.4) is 0 Å². The molecular formula is C23H20N2O3. The molecule has 5 heteroatoms. The quantitative estimate of drug-likeness (QED) is 0.468. The number of aromatic nitrogens is 2. The molecule has 0 bridgehead atoms. The summed E-state index contributed by atoms with van der Waals surface area (Å²) in [5.41, 5.74) is 3.70. The lowest BCUT2D eigenvalue weighted by Gasteiger charge is -2.15. The van der Waals surface area contributed by atoms with Crippen LogP contribution in [0, 0.1) is 6.92 Å². The number of pyridine rings is 2. The predicted octanol–water partition coefficient (Wildman–Crippen LogP) is 5.41. The zero-order chi connectivity index (χ0) is 19.5. The number of aryl methyl sites for hydroxylation is 1. The monoisotopic (exact) mass is 372 g/mol. The summed E-state index contributed by atoms with van der Waals surface area (Å²) >= 11 is 0. The average molecular weight is 372 g/mol. The molecule has 0 amide bonds. The maximum atomic E-state index is 6.33. The van der Waals surface area contributed by atoms with Crippen LogP contribution < -0.4 is 14.2 Å². The average Bonchev–Trinajstić information content (AvgIpc) is 2.74. The fourth-order valence-electron chi connectivity index (χ4n) is 3.11. The van der Waals surface area contributed by atoms with Crippen molar-refractivity contribution in [2.75, 3.05) is 14.2 Å². The summed E-state index contributed by atoms with van der Waals surface area (Å²) < 4.78 is 17.1. The van der Waals surface area contributed by atoms with Gasteiger partial charge in [-0.3, -0.25) is 9.97 Å². The molecule has 140 valence electrons. The van der Waals surface area contributed by atoms with E-state index < -0.39 is 0 Å². The Morgan fingerprint density at radius 1 is 0.714 bits per heavy atom. The van der Waals surface area contributed by atoms with E-state index in [1.54, 1.807) is 26.6 Å². The second-order valence-corrected chi connectivity index (χ2v) is 6.35. The Morgan fingerprint density at radius 2 is 1.54 bits per heavy atom. The summed E-state index contributed by atoms with van der Waals surface area (Å²) in [5.74, 6) is 2.67. The molecule has 0 aliphatic heterocycles. The van der Waals surface area contributed by atoms with Crippen molar-refractivity contribution in [1.82, 2.24) is 9.97 Å². The summed E-state index contributed by atoms with van der Waals surface area (Å²) in [6, 6.07) is 17.5. The van der Waals surface area contributed by atoms with E-state index in [0.29, 0.717) is 17.2 Å². The lowest BCUT2D eigenvalue weighted by molar-refractivity contribution is 0.355. The van der Waals surface area contributed by atoms with E-state index in [2.05, 4.69) is 23.0 Å². The van der Waals surface area contributed by atoms with E-state index in [1.807, 2.05) is 48.5 Å². The molecule has 0 unspecified atom stereocenters. The van der Waals surface area contributed by atoms with E-state index >= 15 is 0 Å². The highest BCUT2D eigenvalue weighted by Crippen LogP contribution is 2.39. The molecule has 0 atom stereocenters. The van der Waals surface area contributed by atoms with Crippen LogP contribution in [0.1, 0.15) is 5.56 Å². The first kappa shape index (κ1) is 17.8. The Balaban J connectivity index is 1.83. The van der Waals surface area contributed by atoms with Gasteiger partial charge in [0.2, 0.25) is 0 Å². The third kappa shape index (κ3) is 3.34. The van der Waals surface area contributed by atoms with Crippen molar-refractivity contribution in [2.24, 2.45) is 0 Å². The van der Waals surface area contributed by atoms with Gasteiger partial charge in [-0.2, -0.15) is 0 Å². The Bertz CT molecular complexity index is 1130. The molecule has 5 nitrogen and oxygen atoms in total. The lowest BCUT2D eigenvalue weighted by Crippen LogP contribution is -1.95. The highest BCUT2D eigenvalue weighted by Gasteiger charge is 2.14. The van der Waals surface area contributed by atoms with Gasteiger partial charge in [-0.15, -0.1) is 0 Å². The first-order chi connectivity index (χ1) is 13.7. The topological polar surface area (TPSA) is 53.5 Å². The third-order valence-electron chi connectivity index (χ3n) is 4.50. The highest BCUT2D eigenvalue weighted by molar-refractivity contribution is 5.88. The molecule has 0 aliphatic rings. The Hall–Kier alpha value is -3.60. The van der Waals surface area contributed by atoms with E-state index in [4.69, 9.17) is 14.2 Å². The number of ether oxygens (including phenoxy) is 3. The molecule has 4 aromatic rings. The van der Waals surface area contributed by atoms with Gasteiger partial charge in [0.05, 0.1) is 25.4 Å². The molecule has 4 rings (SSSR count). The number of methoxy groups -OCH3 is 2. The molecule has 0 saturated heterocycles. The van der Waals surface area contributed by atoms with Crippen LogP contribution in [0.25, 0.3) is 22.2 Å². The zero-order valence-electron chi connectivity index (χ0n) is 16.0. The van der Waals surface area contributed by atoms with Crippen molar-refractivity contribution in [2.45, 2.75) is 6.92 Å². The van der Waals surface area contributed by atoms with Gasteiger partial charge in [0.25, 0.3) is 0 Å². The number of rotatable bonds is 5. The van der Waals surface area contributed by atoms with E-state index in [9.17, 15) is 0 Å². The highest BCUT2D eigenvalue weighted by atomic mass is 16.5. The maximum Gasteiger partial charge on any atom is 0.162 e.